The molecule has 62 valence electrons. The monoisotopic (exact) mass is 168 g/mol. The maximum atomic E-state index is 2.34. The Morgan fingerprint density at radius 2 is 2.18 bits per heavy atom. The van der Waals surface area contributed by atoms with Crippen molar-refractivity contribution < 1.29 is 0 Å². The van der Waals surface area contributed by atoms with Crippen molar-refractivity contribution in [3.05, 3.63) is 21.9 Å². The Morgan fingerprint density at radius 3 is 2.64 bits per heavy atom. The predicted molar refractivity (Wildman–Crippen MR) is 52.2 cm³/mol. The summed E-state index contributed by atoms with van der Waals surface area (Å²) >= 11 is 1.89. The summed E-state index contributed by atoms with van der Waals surface area (Å²) in [6.45, 7) is 6.75. The van der Waals surface area contributed by atoms with E-state index in [9.17, 15) is 0 Å². The zero-order valence-electron chi connectivity index (χ0n) is 7.55. The second kappa shape index (κ2) is 3.91. The molecule has 0 aliphatic carbocycles. The predicted octanol–water partition coefficient (Wildman–Crippen LogP) is 3.51. The lowest BCUT2D eigenvalue weighted by Gasteiger charge is -1.99. The van der Waals surface area contributed by atoms with E-state index in [0.29, 0.717) is 0 Å². The Hall–Kier alpha value is -0.300. The normalized spacial score (nSPS) is 10.9. The van der Waals surface area contributed by atoms with Gasteiger partial charge in [-0.1, -0.05) is 20.8 Å². The van der Waals surface area contributed by atoms with E-state index in [0.717, 1.165) is 5.92 Å². The van der Waals surface area contributed by atoms with E-state index in [-0.39, 0.29) is 0 Å². The highest BCUT2D eigenvalue weighted by Crippen LogP contribution is 2.17. The molecule has 1 heteroatoms. The van der Waals surface area contributed by atoms with E-state index in [2.05, 4.69) is 32.2 Å². The zero-order chi connectivity index (χ0) is 8.27. The van der Waals surface area contributed by atoms with Crippen LogP contribution >= 0.6 is 11.3 Å². The van der Waals surface area contributed by atoms with Crippen molar-refractivity contribution in [2.24, 2.45) is 5.92 Å². The highest BCUT2D eigenvalue weighted by Gasteiger charge is 2.00. The Balaban J connectivity index is 2.58. The molecule has 0 fully saturated rings. The van der Waals surface area contributed by atoms with Gasteiger partial charge in [-0.05, 0) is 35.8 Å². The molecule has 1 heterocycles. The number of aryl methyl sites for hydroxylation is 1. The molecule has 0 unspecified atom stereocenters. The summed E-state index contributed by atoms with van der Waals surface area (Å²) in [5, 5.41) is 2.29. The lowest BCUT2D eigenvalue weighted by atomic mass is 10.1. The Kier molecular flexibility index (Phi) is 3.13. The fourth-order valence-electron chi connectivity index (χ4n) is 1.19. The molecule has 0 amide bonds. The van der Waals surface area contributed by atoms with Gasteiger partial charge in [0.1, 0.15) is 0 Å². The van der Waals surface area contributed by atoms with Gasteiger partial charge < -0.3 is 0 Å². The summed E-state index contributed by atoms with van der Waals surface area (Å²) in [4.78, 5) is 1.51. The molecule has 0 saturated heterocycles. The van der Waals surface area contributed by atoms with Gasteiger partial charge in [0.15, 0.2) is 0 Å². The highest BCUT2D eigenvalue weighted by molar-refractivity contribution is 7.10. The van der Waals surface area contributed by atoms with E-state index < -0.39 is 0 Å². The maximum Gasteiger partial charge on any atom is 0.00453 e. The molecule has 0 aliphatic rings. The van der Waals surface area contributed by atoms with Crippen molar-refractivity contribution in [1.29, 1.82) is 0 Å². The van der Waals surface area contributed by atoms with Crippen LogP contribution in [0.2, 0.25) is 0 Å². The van der Waals surface area contributed by atoms with Crippen molar-refractivity contribution in [1.82, 2.24) is 0 Å². The zero-order valence-corrected chi connectivity index (χ0v) is 8.37. The molecule has 0 saturated carbocycles. The quantitative estimate of drug-likeness (QED) is 0.648. The molecule has 1 aromatic rings. The molecule has 0 radical (unpaired) electrons. The van der Waals surface area contributed by atoms with Crippen LogP contribution < -0.4 is 0 Å². The summed E-state index contributed by atoms with van der Waals surface area (Å²) in [6, 6.07) is 2.34. The van der Waals surface area contributed by atoms with Gasteiger partial charge in [0.25, 0.3) is 0 Å². The van der Waals surface area contributed by atoms with Crippen molar-refractivity contribution in [3.8, 4) is 0 Å². The minimum atomic E-state index is 0.786. The van der Waals surface area contributed by atoms with Crippen molar-refractivity contribution in [3.63, 3.8) is 0 Å². The average Bonchev–Trinajstić information content (AvgIpc) is 2.34. The van der Waals surface area contributed by atoms with Crippen LogP contribution in [0.25, 0.3) is 0 Å². The fourth-order valence-corrected chi connectivity index (χ4v) is 2.04. The average molecular weight is 168 g/mol. The van der Waals surface area contributed by atoms with Gasteiger partial charge in [0, 0.05) is 4.88 Å². The third kappa shape index (κ3) is 2.66. The summed E-state index contributed by atoms with van der Waals surface area (Å²) in [5.74, 6) is 0.786. The number of hydrogen-bond donors (Lipinski definition) is 0. The molecule has 0 aromatic carbocycles. The molecule has 11 heavy (non-hydrogen) atoms. The van der Waals surface area contributed by atoms with Crippen LogP contribution in [0.5, 0.6) is 0 Å². The van der Waals surface area contributed by atoms with Crippen LogP contribution in [0, 0.1) is 5.92 Å². The van der Waals surface area contributed by atoms with E-state index >= 15 is 0 Å². The third-order valence-electron chi connectivity index (χ3n) is 1.70. The first-order valence-corrected chi connectivity index (χ1v) is 5.16. The first-order valence-electron chi connectivity index (χ1n) is 4.28. The van der Waals surface area contributed by atoms with Crippen LogP contribution in [0.1, 0.15) is 31.2 Å². The van der Waals surface area contributed by atoms with Crippen molar-refractivity contribution >= 4 is 11.3 Å². The molecule has 0 spiro atoms. The van der Waals surface area contributed by atoms with Gasteiger partial charge >= 0.3 is 0 Å². The highest BCUT2D eigenvalue weighted by atomic mass is 32.1. The van der Waals surface area contributed by atoms with Gasteiger partial charge in [0.05, 0.1) is 0 Å². The summed E-state index contributed by atoms with van der Waals surface area (Å²) < 4.78 is 0. The molecular formula is C10H16S. The second-order valence-corrected chi connectivity index (χ2v) is 4.37. The number of thiophene rings is 1. The lowest BCUT2D eigenvalue weighted by Crippen LogP contribution is -1.90. The maximum absolute atomic E-state index is 2.34. The second-order valence-electron chi connectivity index (χ2n) is 3.37. The fraction of sp³-hybridized carbons (Fsp3) is 0.600. The standard InChI is InChI=1S/C10H16S/c1-4-10-6-9(7-11-10)5-8(2)3/h6-8H,4-5H2,1-3H3. The molecule has 0 N–H and O–H groups in total. The Labute approximate surface area is 73.3 Å². The molecule has 1 aromatic heterocycles. The summed E-state index contributed by atoms with van der Waals surface area (Å²) in [5.41, 5.74) is 1.52. The molecule has 1 rings (SSSR count). The molecule has 0 bridgehead atoms. The molecular weight excluding hydrogens is 152 g/mol. The topological polar surface area (TPSA) is 0 Å². The molecule has 0 nitrogen and oxygen atoms in total. The van der Waals surface area contributed by atoms with Gasteiger partial charge in [-0.25, -0.2) is 0 Å². The van der Waals surface area contributed by atoms with Crippen molar-refractivity contribution in [2.75, 3.05) is 0 Å². The van der Waals surface area contributed by atoms with E-state index in [1.54, 1.807) is 0 Å². The number of rotatable bonds is 3. The van der Waals surface area contributed by atoms with Crippen LogP contribution in [-0.4, -0.2) is 0 Å². The van der Waals surface area contributed by atoms with E-state index in [1.807, 2.05) is 11.3 Å². The lowest BCUT2D eigenvalue weighted by molar-refractivity contribution is 0.648. The minimum absolute atomic E-state index is 0.786. The van der Waals surface area contributed by atoms with Gasteiger partial charge in [-0.15, -0.1) is 11.3 Å². The first-order chi connectivity index (χ1) is 5.22. The summed E-state index contributed by atoms with van der Waals surface area (Å²) in [7, 11) is 0. The van der Waals surface area contributed by atoms with E-state index in [4.69, 9.17) is 0 Å². The van der Waals surface area contributed by atoms with Gasteiger partial charge in [-0.2, -0.15) is 0 Å². The van der Waals surface area contributed by atoms with Crippen molar-refractivity contribution in [2.45, 2.75) is 33.6 Å². The van der Waals surface area contributed by atoms with Crippen LogP contribution in [0.3, 0.4) is 0 Å². The van der Waals surface area contributed by atoms with Gasteiger partial charge in [0.2, 0.25) is 0 Å². The van der Waals surface area contributed by atoms with Crippen LogP contribution in [0.4, 0.5) is 0 Å². The largest absolute Gasteiger partial charge is 0.149 e. The SMILES string of the molecule is CCc1cc(CC(C)C)cs1. The van der Waals surface area contributed by atoms with E-state index in [1.165, 1.54) is 23.3 Å². The van der Waals surface area contributed by atoms with Crippen LogP contribution in [0.15, 0.2) is 11.4 Å². The Bertz CT molecular complexity index is 210. The summed E-state index contributed by atoms with van der Waals surface area (Å²) in [6.07, 6.45) is 2.42. The number of hydrogen-bond acceptors (Lipinski definition) is 1. The minimum Gasteiger partial charge on any atom is -0.149 e. The third-order valence-corrected chi connectivity index (χ3v) is 2.83. The smallest absolute Gasteiger partial charge is 0.00453 e. The molecule has 0 atom stereocenters. The van der Waals surface area contributed by atoms with Gasteiger partial charge in [-0.3, -0.25) is 0 Å². The Morgan fingerprint density at radius 1 is 1.45 bits per heavy atom. The first kappa shape index (κ1) is 8.79. The molecule has 0 aliphatic heterocycles. The van der Waals surface area contributed by atoms with Crippen LogP contribution in [-0.2, 0) is 12.8 Å².